The van der Waals surface area contributed by atoms with Crippen LogP contribution in [-0.2, 0) is 11.3 Å². The largest absolute Gasteiger partial charge is 0.484 e. The predicted molar refractivity (Wildman–Crippen MR) is 77.4 cm³/mol. The van der Waals surface area contributed by atoms with E-state index in [4.69, 9.17) is 10.00 Å². The highest BCUT2D eigenvalue weighted by molar-refractivity contribution is 7.07. The van der Waals surface area contributed by atoms with Gasteiger partial charge in [0.25, 0.3) is 5.91 Å². The zero-order valence-corrected chi connectivity index (χ0v) is 11.9. The van der Waals surface area contributed by atoms with Crippen LogP contribution in [0.5, 0.6) is 5.75 Å². The number of benzene rings is 1. The van der Waals surface area contributed by atoms with Crippen LogP contribution in [0, 0.1) is 11.3 Å². The van der Waals surface area contributed by atoms with Gasteiger partial charge in [-0.3, -0.25) is 4.79 Å². The lowest BCUT2D eigenvalue weighted by molar-refractivity contribution is -0.132. The zero-order valence-electron chi connectivity index (χ0n) is 11.1. The summed E-state index contributed by atoms with van der Waals surface area (Å²) >= 11 is 1.61. The molecule has 0 saturated carbocycles. The number of amides is 1. The predicted octanol–water partition coefficient (Wildman–Crippen LogP) is 2.66. The number of thiophene rings is 1. The Labute approximate surface area is 121 Å². The highest BCUT2D eigenvalue weighted by Gasteiger charge is 2.10. The number of rotatable bonds is 5. The van der Waals surface area contributed by atoms with Gasteiger partial charge >= 0.3 is 0 Å². The van der Waals surface area contributed by atoms with Crippen LogP contribution in [0.4, 0.5) is 0 Å². The van der Waals surface area contributed by atoms with Crippen LogP contribution in [0.3, 0.4) is 0 Å². The summed E-state index contributed by atoms with van der Waals surface area (Å²) in [6.07, 6.45) is 0. The minimum Gasteiger partial charge on any atom is -0.484 e. The number of hydrogen-bond donors (Lipinski definition) is 0. The number of ether oxygens (including phenoxy) is 1. The van der Waals surface area contributed by atoms with E-state index in [1.807, 2.05) is 22.9 Å². The molecule has 0 fully saturated rings. The maximum absolute atomic E-state index is 11.9. The monoisotopic (exact) mass is 286 g/mol. The standard InChI is InChI=1S/C15H14N2O2S/c1-17(9-13-6-7-20-11-13)15(18)10-19-14-4-2-12(8-16)3-5-14/h2-7,11H,9-10H2,1H3. The van der Waals surface area contributed by atoms with E-state index in [1.54, 1.807) is 47.5 Å². The van der Waals surface area contributed by atoms with Gasteiger partial charge in [-0.1, -0.05) is 0 Å². The van der Waals surface area contributed by atoms with Crippen LogP contribution < -0.4 is 4.74 Å². The SMILES string of the molecule is CN(Cc1ccsc1)C(=O)COc1ccc(C#N)cc1. The lowest BCUT2D eigenvalue weighted by Crippen LogP contribution is -2.30. The molecule has 0 saturated heterocycles. The van der Waals surface area contributed by atoms with Crippen LogP contribution in [0.15, 0.2) is 41.1 Å². The van der Waals surface area contributed by atoms with Crippen molar-refractivity contribution in [1.82, 2.24) is 4.90 Å². The van der Waals surface area contributed by atoms with Crippen LogP contribution in [0.2, 0.25) is 0 Å². The first-order chi connectivity index (χ1) is 9.69. The number of carbonyl (C=O) groups excluding carboxylic acids is 1. The van der Waals surface area contributed by atoms with Gasteiger partial charge < -0.3 is 9.64 Å². The Morgan fingerprint density at radius 3 is 2.70 bits per heavy atom. The van der Waals surface area contributed by atoms with Crippen molar-refractivity contribution in [3.8, 4) is 11.8 Å². The molecule has 0 radical (unpaired) electrons. The normalized spacial score (nSPS) is 9.80. The van der Waals surface area contributed by atoms with Crippen molar-refractivity contribution < 1.29 is 9.53 Å². The molecule has 1 aromatic carbocycles. The molecule has 1 heterocycles. The first kappa shape index (κ1) is 14.1. The first-order valence-electron chi connectivity index (χ1n) is 6.07. The quantitative estimate of drug-likeness (QED) is 0.849. The average Bonchev–Trinajstić information content (AvgIpc) is 2.98. The fourth-order valence-electron chi connectivity index (χ4n) is 1.63. The number of nitriles is 1. The molecule has 0 N–H and O–H groups in total. The third kappa shape index (κ3) is 3.84. The summed E-state index contributed by atoms with van der Waals surface area (Å²) < 4.78 is 5.41. The molecule has 1 amide bonds. The van der Waals surface area contributed by atoms with Crippen molar-refractivity contribution in [2.45, 2.75) is 6.54 Å². The molecule has 102 valence electrons. The first-order valence-corrected chi connectivity index (χ1v) is 7.01. The van der Waals surface area contributed by atoms with Crippen molar-refractivity contribution in [3.05, 3.63) is 52.2 Å². The molecule has 0 bridgehead atoms. The number of likely N-dealkylation sites (N-methyl/N-ethyl adjacent to an activating group) is 1. The van der Waals surface area contributed by atoms with Crippen molar-refractivity contribution in [1.29, 1.82) is 5.26 Å². The topological polar surface area (TPSA) is 53.3 Å². The average molecular weight is 286 g/mol. The zero-order chi connectivity index (χ0) is 14.4. The van der Waals surface area contributed by atoms with E-state index in [1.165, 1.54) is 0 Å². The lowest BCUT2D eigenvalue weighted by Gasteiger charge is -2.16. The third-order valence-corrected chi connectivity index (χ3v) is 3.50. The Balaban J connectivity index is 1.83. The lowest BCUT2D eigenvalue weighted by atomic mass is 10.2. The van der Waals surface area contributed by atoms with Crippen LogP contribution >= 0.6 is 11.3 Å². The van der Waals surface area contributed by atoms with Crippen molar-refractivity contribution in [3.63, 3.8) is 0 Å². The summed E-state index contributed by atoms with van der Waals surface area (Å²) in [5.74, 6) is 0.502. The van der Waals surface area contributed by atoms with Crippen molar-refractivity contribution >= 4 is 17.2 Å². The minimum atomic E-state index is -0.0828. The Morgan fingerprint density at radius 1 is 1.35 bits per heavy atom. The summed E-state index contributed by atoms with van der Waals surface area (Å²) in [4.78, 5) is 13.5. The molecule has 0 spiro atoms. The maximum atomic E-state index is 11.9. The molecule has 0 unspecified atom stereocenters. The Kier molecular flexibility index (Phi) is 4.75. The molecule has 0 aliphatic heterocycles. The van der Waals surface area contributed by atoms with E-state index in [9.17, 15) is 4.79 Å². The Hall–Kier alpha value is -2.32. The second-order valence-corrected chi connectivity index (χ2v) is 5.09. The van der Waals surface area contributed by atoms with Crippen molar-refractivity contribution in [2.24, 2.45) is 0 Å². The fraction of sp³-hybridized carbons (Fsp3) is 0.200. The van der Waals surface area contributed by atoms with Gasteiger partial charge in [-0.2, -0.15) is 16.6 Å². The fourth-order valence-corrected chi connectivity index (χ4v) is 2.29. The molecular formula is C15H14N2O2S. The van der Waals surface area contributed by atoms with Gasteiger partial charge in [-0.15, -0.1) is 0 Å². The number of hydrogen-bond acceptors (Lipinski definition) is 4. The van der Waals surface area contributed by atoms with Gasteiger partial charge in [0.1, 0.15) is 5.75 Å². The molecule has 2 rings (SSSR count). The van der Waals surface area contributed by atoms with Gasteiger partial charge in [-0.05, 0) is 46.7 Å². The molecule has 2 aromatic rings. The maximum Gasteiger partial charge on any atom is 0.260 e. The smallest absolute Gasteiger partial charge is 0.260 e. The summed E-state index contributed by atoms with van der Waals surface area (Å²) in [6.45, 7) is 0.575. The summed E-state index contributed by atoms with van der Waals surface area (Å²) in [5.41, 5.74) is 1.68. The van der Waals surface area contributed by atoms with E-state index in [0.29, 0.717) is 17.9 Å². The Morgan fingerprint density at radius 2 is 2.10 bits per heavy atom. The highest BCUT2D eigenvalue weighted by atomic mass is 32.1. The van der Waals surface area contributed by atoms with Gasteiger partial charge in [0.2, 0.25) is 0 Å². The van der Waals surface area contributed by atoms with E-state index >= 15 is 0 Å². The van der Waals surface area contributed by atoms with Gasteiger partial charge in [0, 0.05) is 13.6 Å². The Bertz CT molecular complexity index is 600. The highest BCUT2D eigenvalue weighted by Crippen LogP contribution is 2.12. The molecule has 0 aliphatic rings. The minimum absolute atomic E-state index is 0.00740. The third-order valence-electron chi connectivity index (χ3n) is 2.77. The summed E-state index contributed by atoms with van der Waals surface area (Å²) in [7, 11) is 1.75. The van der Waals surface area contributed by atoms with Crippen molar-refractivity contribution in [2.75, 3.05) is 13.7 Å². The van der Waals surface area contributed by atoms with Gasteiger partial charge in [0.15, 0.2) is 6.61 Å². The van der Waals surface area contributed by atoms with Crippen LogP contribution in [-0.4, -0.2) is 24.5 Å². The molecule has 20 heavy (non-hydrogen) atoms. The van der Waals surface area contributed by atoms with E-state index < -0.39 is 0 Å². The number of nitrogens with zero attached hydrogens (tertiary/aromatic N) is 2. The molecule has 0 aliphatic carbocycles. The summed E-state index contributed by atoms with van der Waals surface area (Å²) in [5, 5.41) is 12.7. The molecule has 1 aromatic heterocycles. The summed E-state index contributed by atoms with van der Waals surface area (Å²) in [6, 6.07) is 10.7. The van der Waals surface area contributed by atoms with Crippen LogP contribution in [0.25, 0.3) is 0 Å². The van der Waals surface area contributed by atoms with Gasteiger partial charge in [0.05, 0.1) is 11.6 Å². The number of carbonyl (C=O) groups is 1. The molecule has 4 nitrogen and oxygen atoms in total. The molecule has 5 heteroatoms. The van der Waals surface area contributed by atoms with E-state index in [2.05, 4.69) is 0 Å². The second-order valence-electron chi connectivity index (χ2n) is 4.31. The molecular weight excluding hydrogens is 272 g/mol. The van der Waals surface area contributed by atoms with E-state index in [0.717, 1.165) is 5.56 Å². The molecule has 0 atom stereocenters. The second kappa shape index (κ2) is 6.73. The van der Waals surface area contributed by atoms with Gasteiger partial charge in [-0.25, -0.2) is 0 Å². The van der Waals surface area contributed by atoms with E-state index in [-0.39, 0.29) is 12.5 Å². The van der Waals surface area contributed by atoms with Crippen LogP contribution in [0.1, 0.15) is 11.1 Å².